The van der Waals surface area contributed by atoms with Crippen molar-refractivity contribution >= 4 is 22.6 Å². The molecule has 0 radical (unpaired) electrons. The molecule has 0 aromatic heterocycles. The van der Waals surface area contributed by atoms with E-state index >= 15 is 0 Å². The van der Waals surface area contributed by atoms with Gasteiger partial charge in [0.25, 0.3) is 0 Å². The van der Waals surface area contributed by atoms with Crippen molar-refractivity contribution in [1.29, 1.82) is 0 Å². The Hall–Kier alpha value is -1.49. The number of rotatable bonds is 2. The van der Waals surface area contributed by atoms with Gasteiger partial charge < -0.3 is 5.11 Å². The van der Waals surface area contributed by atoms with Crippen molar-refractivity contribution in [3.8, 4) is 5.75 Å². The van der Waals surface area contributed by atoms with Crippen LogP contribution in [-0.2, 0) is 0 Å². The molecule has 1 aromatic carbocycles. The van der Waals surface area contributed by atoms with Crippen LogP contribution in [0, 0.1) is 0 Å². The van der Waals surface area contributed by atoms with Gasteiger partial charge in [-0.1, -0.05) is 24.6 Å². The molecule has 0 atom stereocenters. The van der Waals surface area contributed by atoms with Gasteiger partial charge in [0.15, 0.2) is 5.17 Å². The average molecular weight is 275 g/mol. The third-order valence-corrected chi connectivity index (χ3v) is 4.35. The van der Waals surface area contributed by atoms with Gasteiger partial charge in [0.05, 0.1) is 11.8 Å². The predicted octanol–water partition coefficient (Wildman–Crippen LogP) is 2.73. The molecule has 0 amide bonds. The Balaban J connectivity index is 1.68. The van der Waals surface area contributed by atoms with Crippen molar-refractivity contribution in [3.63, 3.8) is 0 Å². The van der Waals surface area contributed by atoms with Gasteiger partial charge in [0.2, 0.25) is 0 Å². The molecule has 0 bridgehead atoms. The van der Waals surface area contributed by atoms with Crippen LogP contribution in [0.1, 0.15) is 31.2 Å². The highest BCUT2D eigenvalue weighted by Crippen LogP contribution is 2.23. The van der Waals surface area contributed by atoms with Gasteiger partial charge in [-0.2, -0.15) is 5.10 Å². The summed E-state index contributed by atoms with van der Waals surface area (Å²) in [5, 5.41) is 14.6. The number of benzene rings is 1. The zero-order valence-electron chi connectivity index (χ0n) is 10.7. The minimum absolute atomic E-state index is 0.282. The highest BCUT2D eigenvalue weighted by Gasteiger charge is 2.17. The molecule has 1 heterocycles. The Morgan fingerprint density at radius 1 is 1.21 bits per heavy atom. The molecule has 4 nitrogen and oxygen atoms in total. The third-order valence-electron chi connectivity index (χ3n) is 3.46. The number of phenolic OH excluding ortho intramolecular Hbond substituents is 1. The molecule has 1 saturated carbocycles. The highest BCUT2D eigenvalue weighted by atomic mass is 32.2. The second-order valence-corrected chi connectivity index (χ2v) is 5.84. The van der Waals surface area contributed by atoms with Gasteiger partial charge in [-0.05, 0) is 42.7 Å². The third kappa shape index (κ3) is 3.10. The average Bonchev–Trinajstić information content (AvgIpc) is 2.94. The SMILES string of the molecule is Oc1ccc(C2=NNC(=NC3CCCC3)SC2)cc1. The van der Waals surface area contributed by atoms with E-state index in [1.807, 2.05) is 12.1 Å². The van der Waals surface area contributed by atoms with E-state index in [-0.39, 0.29) is 5.75 Å². The first-order valence-electron chi connectivity index (χ1n) is 6.64. The highest BCUT2D eigenvalue weighted by molar-refractivity contribution is 8.14. The van der Waals surface area contributed by atoms with Crippen LogP contribution >= 0.6 is 11.8 Å². The lowest BCUT2D eigenvalue weighted by Gasteiger charge is -2.16. The van der Waals surface area contributed by atoms with E-state index in [2.05, 4.69) is 10.5 Å². The zero-order valence-corrected chi connectivity index (χ0v) is 11.5. The molecule has 1 aliphatic carbocycles. The van der Waals surface area contributed by atoms with E-state index in [9.17, 15) is 5.11 Å². The summed E-state index contributed by atoms with van der Waals surface area (Å²) in [7, 11) is 0. The second-order valence-electron chi connectivity index (χ2n) is 4.88. The molecule has 0 unspecified atom stereocenters. The molecule has 1 fully saturated rings. The summed E-state index contributed by atoms with van der Waals surface area (Å²) in [5.74, 6) is 1.10. The van der Waals surface area contributed by atoms with Crippen molar-refractivity contribution in [2.75, 3.05) is 5.75 Å². The number of nitrogens with zero attached hydrogens (tertiary/aromatic N) is 2. The summed E-state index contributed by atoms with van der Waals surface area (Å²) in [5.41, 5.74) is 5.08. The summed E-state index contributed by atoms with van der Waals surface area (Å²) in [6.45, 7) is 0. The zero-order chi connectivity index (χ0) is 13.1. The minimum Gasteiger partial charge on any atom is -0.508 e. The van der Waals surface area contributed by atoms with Crippen molar-refractivity contribution in [3.05, 3.63) is 29.8 Å². The molecule has 1 aliphatic heterocycles. The van der Waals surface area contributed by atoms with Crippen molar-refractivity contribution < 1.29 is 5.11 Å². The lowest BCUT2D eigenvalue weighted by molar-refractivity contribution is 0.475. The fourth-order valence-corrected chi connectivity index (χ4v) is 3.22. The normalized spacial score (nSPS) is 22.3. The minimum atomic E-state index is 0.282. The van der Waals surface area contributed by atoms with E-state index in [0.717, 1.165) is 22.2 Å². The fraction of sp³-hybridized carbons (Fsp3) is 0.429. The van der Waals surface area contributed by atoms with Crippen LogP contribution in [-0.4, -0.2) is 27.8 Å². The Bertz CT molecular complexity index is 504. The fourth-order valence-electron chi connectivity index (χ4n) is 2.38. The lowest BCUT2D eigenvalue weighted by atomic mass is 10.1. The number of hydrogen-bond acceptors (Lipinski definition) is 4. The van der Waals surface area contributed by atoms with Gasteiger partial charge in [-0.3, -0.25) is 10.4 Å². The molecule has 2 N–H and O–H groups in total. The van der Waals surface area contributed by atoms with Crippen molar-refractivity contribution in [2.24, 2.45) is 10.1 Å². The standard InChI is InChI=1S/C14H17N3OS/c18-12-7-5-10(6-8-12)13-9-19-14(17-16-13)15-11-3-1-2-4-11/h5-8,11,18H,1-4,9H2,(H,15,17). The van der Waals surface area contributed by atoms with Crippen LogP contribution < -0.4 is 5.43 Å². The van der Waals surface area contributed by atoms with Gasteiger partial charge in [-0.25, -0.2) is 0 Å². The smallest absolute Gasteiger partial charge is 0.177 e. The number of thioether (sulfide) groups is 1. The molecule has 3 rings (SSSR count). The Labute approximate surface area is 117 Å². The number of aliphatic imine (C=N–C) groups is 1. The molecule has 5 heteroatoms. The summed E-state index contributed by atoms with van der Waals surface area (Å²) in [4.78, 5) is 4.70. The molecule has 0 spiro atoms. The topological polar surface area (TPSA) is 57.0 Å². The van der Waals surface area contributed by atoms with E-state index < -0.39 is 0 Å². The maximum atomic E-state index is 9.28. The summed E-state index contributed by atoms with van der Waals surface area (Å²) >= 11 is 1.70. The van der Waals surface area contributed by atoms with Crippen LogP contribution in [0.25, 0.3) is 0 Å². The molecule has 19 heavy (non-hydrogen) atoms. The van der Waals surface area contributed by atoms with Crippen LogP contribution in [0.4, 0.5) is 0 Å². The van der Waals surface area contributed by atoms with Crippen LogP contribution in [0.2, 0.25) is 0 Å². The number of hydrogen-bond donors (Lipinski definition) is 2. The van der Waals surface area contributed by atoms with Crippen LogP contribution in [0.3, 0.4) is 0 Å². The van der Waals surface area contributed by atoms with Crippen LogP contribution in [0.15, 0.2) is 34.4 Å². The predicted molar refractivity (Wildman–Crippen MR) is 79.9 cm³/mol. The largest absolute Gasteiger partial charge is 0.508 e. The second kappa shape index (κ2) is 5.65. The van der Waals surface area contributed by atoms with Crippen LogP contribution in [0.5, 0.6) is 5.75 Å². The number of phenols is 1. The Morgan fingerprint density at radius 3 is 2.58 bits per heavy atom. The first-order chi connectivity index (χ1) is 9.31. The maximum absolute atomic E-state index is 9.28. The van der Waals surface area contributed by atoms with Gasteiger partial charge in [0.1, 0.15) is 5.75 Å². The monoisotopic (exact) mass is 275 g/mol. The Morgan fingerprint density at radius 2 is 1.95 bits per heavy atom. The van der Waals surface area contributed by atoms with Crippen molar-refractivity contribution in [1.82, 2.24) is 5.43 Å². The number of nitrogens with one attached hydrogen (secondary N) is 1. The summed E-state index contributed by atoms with van der Waals surface area (Å²) in [6, 6.07) is 7.63. The number of hydrazone groups is 1. The van der Waals surface area contributed by atoms with Crippen molar-refractivity contribution in [2.45, 2.75) is 31.7 Å². The summed E-state index contributed by atoms with van der Waals surface area (Å²) < 4.78 is 0. The first kappa shape index (κ1) is 12.5. The lowest BCUT2D eigenvalue weighted by Crippen LogP contribution is -2.26. The number of aromatic hydroxyl groups is 1. The number of amidine groups is 1. The molecule has 100 valence electrons. The molecular weight excluding hydrogens is 258 g/mol. The van der Waals surface area contributed by atoms with E-state index in [1.165, 1.54) is 25.7 Å². The van der Waals surface area contributed by atoms with Gasteiger partial charge >= 0.3 is 0 Å². The van der Waals surface area contributed by atoms with E-state index in [1.54, 1.807) is 23.9 Å². The van der Waals surface area contributed by atoms with E-state index in [4.69, 9.17) is 4.99 Å². The maximum Gasteiger partial charge on any atom is 0.177 e. The Kier molecular flexibility index (Phi) is 3.73. The molecule has 0 saturated heterocycles. The van der Waals surface area contributed by atoms with Gasteiger partial charge in [0, 0.05) is 5.75 Å². The molecule has 1 aromatic rings. The van der Waals surface area contributed by atoms with Gasteiger partial charge in [-0.15, -0.1) is 0 Å². The molecular formula is C14H17N3OS. The first-order valence-corrected chi connectivity index (χ1v) is 7.62. The van der Waals surface area contributed by atoms with E-state index in [0.29, 0.717) is 6.04 Å². The quantitative estimate of drug-likeness (QED) is 0.872. The molecule has 2 aliphatic rings. The summed E-state index contributed by atoms with van der Waals surface area (Å²) in [6.07, 6.45) is 5.02.